The molecule has 0 radical (unpaired) electrons. The molecule has 1 heterocycles. The molecule has 1 aromatic heterocycles. The van der Waals surface area contributed by atoms with Gasteiger partial charge in [0, 0.05) is 23.8 Å². The Morgan fingerprint density at radius 2 is 2.00 bits per heavy atom. The fraction of sp³-hybridized carbons (Fsp3) is 0.429. The highest BCUT2D eigenvalue weighted by atomic mass is 15.0. The van der Waals surface area contributed by atoms with Gasteiger partial charge < -0.3 is 9.88 Å². The van der Waals surface area contributed by atoms with Crippen molar-refractivity contribution in [3.8, 4) is 0 Å². The molecular weight excluding hydrogens is 196 g/mol. The van der Waals surface area contributed by atoms with Crippen molar-refractivity contribution in [1.29, 1.82) is 0 Å². The van der Waals surface area contributed by atoms with E-state index in [4.69, 9.17) is 0 Å². The average molecular weight is 216 g/mol. The molecule has 0 aliphatic heterocycles. The summed E-state index contributed by atoms with van der Waals surface area (Å²) in [5, 5.41) is 4.74. The van der Waals surface area contributed by atoms with Crippen LogP contribution in [0.1, 0.15) is 32.5 Å². The van der Waals surface area contributed by atoms with Gasteiger partial charge >= 0.3 is 0 Å². The van der Waals surface area contributed by atoms with Crippen LogP contribution in [0.2, 0.25) is 0 Å². The lowest BCUT2D eigenvalue weighted by Gasteiger charge is -2.14. The Morgan fingerprint density at radius 1 is 1.25 bits per heavy atom. The molecule has 0 amide bonds. The van der Waals surface area contributed by atoms with E-state index in [1.54, 1.807) is 0 Å². The van der Waals surface area contributed by atoms with Crippen molar-refractivity contribution < 1.29 is 0 Å². The van der Waals surface area contributed by atoms with E-state index in [9.17, 15) is 0 Å². The zero-order valence-corrected chi connectivity index (χ0v) is 10.3. The topological polar surface area (TPSA) is 17.0 Å². The summed E-state index contributed by atoms with van der Waals surface area (Å²) in [6, 6.07) is 11.4. The minimum atomic E-state index is 0.508. The number of hydrogen-bond donors (Lipinski definition) is 1. The molecule has 1 aromatic carbocycles. The molecule has 0 bridgehead atoms. The zero-order valence-electron chi connectivity index (χ0n) is 10.3. The summed E-state index contributed by atoms with van der Waals surface area (Å²) >= 11 is 0. The summed E-state index contributed by atoms with van der Waals surface area (Å²) in [6.07, 6.45) is 0. The molecule has 0 aliphatic rings. The highest BCUT2D eigenvalue weighted by Crippen LogP contribution is 2.23. The molecule has 0 atom stereocenters. The van der Waals surface area contributed by atoms with Crippen molar-refractivity contribution in [2.24, 2.45) is 0 Å². The van der Waals surface area contributed by atoms with E-state index in [0.717, 1.165) is 13.1 Å². The maximum absolute atomic E-state index is 3.40. The van der Waals surface area contributed by atoms with Crippen molar-refractivity contribution in [1.82, 2.24) is 9.88 Å². The van der Waals surface area contributed by atoms with Crippen LogP contribution in [0.3, 0.4) is 0 Å². The van der Waals surface area contributed by atoms with Crippen LogP contribution in [0, 0.1) is 0 Å². The van der Waals surface area contributed by atoms with Crippen molar-refractivity contribution >= 4 is 10.9 Å². The Hall–Kier alpha value is -1.28. The van der Waals surface area contributed by atoms with Crippen LogP contribution in [0.25, 0.3) is 10.9 Å². The fourth-order valence-electron chi connectivity index (χ4n) is 2.23. The fourth-order valence-corrected chi connectivity index (χ4v) is 2.23. The van der Waals surface area contributed by atoms with Gasteiger partial charge in [0.1, 0.15) is 0 Å². The van der Waals surface area contributed by atoms with Crippen LogP contribution in [-0.2, 0) is 6.54 Å². The Kier molecular flexibility index (Phi) is 3.30. The molecule has 0 fully saturated rings. The summed E-state index contributed by atoms with van der Waals surface area (Å²) in [6.45, 7) is 8.58. The standard InChI is InChI=1S/C14H20N2/c1-4-15-10-13-9-12-7-5-6-8-14(12)16(13)11(2)3/h5-9,11,15H,4,10H2,1-3H3. The SMILES string of the molecule is CCNCc1cc2ccccc2n1C(C)C. The maximum Gasteiger partial charge on any atom is 0.0485 e. The van der Waals surface area contributed by atoms with Gasteiger partial charge in [0.15, 0.2) is 0 Å². The van der Waals surface area contributed by atoms with Crippen molar-refractivity contribution in [2.75, 3.05) is 6.54 Å². The lowest BCUT2D eigenvalue weighted by molar-refractivity contribution is 0.572. The molecule has 2 nitrogen and oxygen atoms in total. The molecular formula is C14H20N2. The van der Waals surface area contributed by atoms with Crippen LogP contribution < -0.4 is 5.32 Å². The number of nitrogens with zero attached hydrogens (tertiary/aromatic N) is 1. The lowest BCUT2D eigenvalue weighted by atomic mass is 10.2. The minimum Gasteiger partial charge on any atom is -0.341 e. The smallest absolute Gasteiger partial charge is 0.0485 e. The van der Waals surface area contributed by atoms with E-state index in [2.05, 4.69) is 61.0 Å². The molecule has 0 saturated heterocycles. The predicted molar refractivity (Wildman–Crippen MR) is 69.7 cm³/mol. The Morgan fingerprint density at radius 3 is 2.69 bits per heavy atom. The quantitative estimate of drug-likeness (QED) is 0.829. The molecule has 0 unspecified atom stereocenters. The Balaban J connectivity index is 2.50. The van der Waals surface area contributed by atoms with Gasteiger partial charge in [0.2, 0.25) is 0 Å². The normalized spacial score (nSPS) is 11.5. The summed E-state index contributed by atoms with van der Waals surface area (Å²) in [4.78, 5) is 0. The van der Waals surface area contributed by atoms with Gasteiger partial charge in [-0.05, 0) is 37.9 Å². The first-order valence-electron chi connectivity index (χ1n) is 6.03. The lowest BCUT2D eigenvalue weighted by Crippen LogP contribution is -2.16. The summed E-state index contributed by atoms with van der Waals surface area (Å²) in [5.41, 5.74) is 2.71. The number of aromatic nitrogens is 1. The summed E-state index contributed by atoms with van der Waals surface area (Å²) in [5.74, 6) is 0. The van der Waals surface area contributed by atoms with E-state index in [1.165, 1.54) is 16.6 Å². The largest absolute Gasteiger partial charge is 0.341 e. The number of para-hydroxylation sites is 1. The van der Waals surface area contributed by atoms with E-state index < -0.39 is 0 Å². The van der Waals surface area contributed by atoms with Crippen molar-refractivity contribution in [3.05, 3.63) is 36.0 Å². The van der Waals surface area contributed by atoms with Gasteiger partial charge in [-0.25, -0.2) is 0 Å². The number of nitrogens with one attached hydrogen (secondary N) is 1. The first-order chi connectivity index (χ1) is 7.74. The van der Waals surface area contributed by atoms with Crippen LogP contribution in [0.5, 0.6) is 0 Å². The first kappa shape index (κ1) is 11.2. The minimum absolute atomic E-state index is 0.508. The zero-order chi connectivity index (χ0) is 11.5. The van der Waals surface area contributed by atoms with Gasteiger partial charge in [-0.2, -0.15) is 0 Å². The third-order valence-electron chi connectivity index (χ3n) is 2.90. The van der Waals surface area contributed by atoms with Crippen LogP contribution >= 0.6 is 0 Å². The summed E-state index contributed by atoms with van der Waals surface area (Å²) < 4.78 is 2.41. The second-order valence-electron chi connectivity index (χ2n) is 4.44. The number of hydrogen-bond acceptors (Lipinski definition) is 1. The average Bonchev–Trinajstić information content (AvgIpc) is 2.64. The third kappa shape index (κ3) is 1.98. The van der Waals surface area contributed by atoms with Gasteiger partial charge in [-0.3, -0.25) is 0 Å². The highest BCUT2D eigenvalue weighted by Gasteiger charge is 2.09. The molecule has 86 valence electrons. The molecule has 1 N–H and O–H groups in total. The van der Waals surface area contributed by atoms with Gasteiger partial charge in [-0.15, -0.1) is 0 Å². The van der Waals surface area contributed by atoms with Crippen LogP contribution in [0.4, 0.5) is 0 Å². The second-order valence-corrected chi connectivity index (χ2v) is 4.44. The van der Waals surface area contributed by atoms with Crippen molar-refractivity contribution in [2.45, 2.75) is 33.4 Å². The predicted octanol–water partition coefficient (Wildman–Crippen LogP) is 3.33. The number of benzene rings is 1. The van der Waals surface area contributed by atoms with Crippen LogP contribution in [-0.4, -0.2) is 11.1 Å². The van der Waals surface area contributed by atoms with E-state index in [0.29, 0.717) is 6.04 Å². The Labute approximate surface area is 97.3 Å². The molecule has 0 spiro atoms. The maximum atomic E-state index is 3.40. The molecule has 16 heavy (non-hydrogen) atoms. The van der Waals surface area contributed by atoms with Gasteiger partial charge in [-0.1, -0.05) is 25.1 Å². The molecule has 0 saturated carbocycles. The molecule has 2 rings (SSSR count). The van der Waals surface area contributed by atoms with E-state index in [-0.39, 0.29) is 0 Å². The number of rotatable bonds is 4. The Bertz CT molecular complexity index is 469. The summed E-state index contributed by atoms with van der Waals surface area (Å²) in [7, 11) is 0. The van der Waals surface area contributed by atoms with Gasteiger partial charge in [0.25, 0.3) is 0 Å². The molecule has 0 aliphatic carbocycles. The van der Waals surface area contributed by atoms with E-state index >= 15 is 0 Å². The molecule has 2 heteroatoms. The second kappa shape index (κ2) is 4.71. The first-order valence-corrected chi connectivity index (χ1v) is 6.03. The van der Waals surface area contributed by atoms with Crippen molar-refractivity contribution in [3.63, 3.8) is 0 Å². The van der Waals surface area contributed by atoms with E-state index in [1.807, 2.05) is 0 Å². The third-order valence-corrected chi connectivity index (χ3v) is 2.90. The monoisotopic (exact) mass is 216 g/mol. The molecule has 2 aromatic rings. The van der Waals surface area contributed by atoms with Crippen LogP contribution in [0.15, 0.2) is 30.3 Å². The van der Waals surface area contributed by atoms with Gasteiger partial charge in [0.05, 0.1) is 0 Å². The highest BCUT2D eigenvalue weighted by molar-refractivity contribution is 5.81. The number of fused-ring (bicyclic) bond motifs is 1.